The Balaban J connectivity index is 2.34. The molecule has 88 valence electrons. The van der Waals surface area contributed by atoms with E-state index in [-0.39, 0.29) is 5.12 Å². The molecular formula is C9H12N2OS4. The third-order valence-corrected chi connectivity index (χ3v) is 5.41. The first-order valence-corrected chi connectivity index (χ1v) is 8.20. The lowest BCUT2D eigenvalue weighted by Crippen LogP contribution is -1.84. The maximum atomic E-state index is 10.9. The maximum absolute atomic E-state index is 10.9. The Bertz CT molecular complexity index is 364. The van der Waals surface area contributed by atoms with Gasteiger partial charge in [-0.1, -0.05) is 67.0 Å². The molecule has 0 radical (unpaired) electrons. The Labute approximate surface area is 112 Å². The van der Waals surface area contributed by atoms with Gasteiger partial charge in [0.2, 0.25) is 5.12 Å². The highest BCUT2D eigenvalue weighted by molar-refractivity contribution is 8.24. The Morgan fingerprint density at radius 1 is 1.50 bits per heavy atom. The summed E-state index contributed by atoms with van der Waals surface area (Å²) in [5, 5.41) is 9.29. The summed E-state index contributed by atoms with van der Waals surface area (Å²) >= 11 is 6.05. The molecule has 0 atom stereocenters. The van der Waals surface area contributed by atoms with Gasteiger partial charge < -0.3 is 0 Å². The van der Waals surface area contributed by atoms with Crippen LogP contribution in [0.25, 0.3) is 0 Å². The van der Waals surface area contributed by atoms with Crippen molar-refractivity contribution in [1.29, 1.82) is 0 Å². The van der Waals surface area contributed by atoms with Crippen LogP contribution >= 0.6 is 46.6 Å². The highest BCUT2D eigenvalue weighted by Crippen LogP contribution is 2.32. The topological polar surface area (TPSA) is 42.9 Å². The van der Waals surface area contributed by atoms with E-state index in [9.17, 15) is 4.79 Å². The summed E-state index contributed by atoms with van der Waals surface area (Å²) in [5.74, 6) is 0. The minimum absolute atomic E-state index is 0.00575. The van der Waals surface area contributed by atoms with E-state index < -0.39 is 0 Å². The van der Waals surface area contributed by atoms with Crippen molar-refractivity contribution in [1.82, 2.24) is 10.2 Å². The van der Waals surface area contributed by atoms with Gasteiger partial charge in [-0.05, 0) is 6.08 Å². The van der Waals surface area contributed by atoms with E-state index >= 15 is 0 Å². The molecule has 1 heterocycles. The SMILES string of the molecule is C=CC(=O)SCSc1nnc(SC(C)C)s1. The fourth-order valence-electron chi connectivity index (χ4n) is 0.702. The lowest BCUT2D eigenvalue weighted by Gasteiger charge is -1.96. The van der Waals surface area contributed by atoms with Gasteiger partial charge in [0.05, 0.1) is 5.08 Å². The van der Waals surface area contributed by atoms with Crippen molar-refractivity contribution in [3.05, 3.63) is 12.7 Å². The predicted octanol–water partition coefficient (Wildman–Crippen LogP) is 3.53. The van der Waals surface area contributed by atoms with Crippen LogP contribution in [0.4, 0.5) is 0 Å². The summed E-state index contributed by atoms with van der Waals surface area (Å²) in [4.78, 5) is 10.9. The Morgan fingerprint density at radius 2 is 2.19 bits per heavy atom. The predicted molar refractivity (Wildman–Crippen MR) is 74.4 cm³/mol. The fourth-order valence-corrected chi connectivity index (χ4v) is 4.90. The van der Waals surface area contributed by atoms with Crippen LogP contribution in [0.15, 0.2) is 21.3 Å². The standard InChI is InChI=1S/C9H12N2OS4/c1-4-7(12)13-5-14-8-10-11-9(16-8)15-6(2)3/h4,6H,1,5H2,2-3H3. The van der Waals surface area contributed by atoms with Crippen molar-refractivity contribution in [3.8, 4) is 0 Å². The normalized spacial score (nSPS) is 10.7. The molecule has 3 nitrogen and oxygen atoms in total. The van der Waals surface area contributed by atoms with Gasteiger partial charge in [-0.3, -0.25) is 4.79 Å². The Hall–Kier alpha value is 0.0200. The van der Waals surface area contributed by atoms with Crippen molar-refractivity contribution in [2.24, 2.45) is 0 Å². The molecule has 1 rings (SSSR count). The molecule has 1 aromatic rings. The lowest BCUT2D eigenvalue weighted by molar-refractivity contribution is -0.107. The second kappa shape index (κ2) is 7.37. The molecule has 0 aliphatic rings. The second-order valence-corrected chi connectivity index (χ2v) is 8.30. The Morgan fingerprint density at radius 3 is 2.81 bits per heavy atom. The molecule has 0 saturated heterocycles. The fraction of sp³-hybridized carbons (Fsp3) is 0.444. The van der Waals surface area contributed by atoms with Crippen LogP contribution in [0.3, 0.4) is 0 Å². The molecule has 0 aromatic carbocycles. The third kappa shape index (κ3) is 5.38. The average Bonchev–Trinajstić information content (AvgIpc) is 2.64. The molecule has 0 saturated carbocycles. The van der Waals surface area contributed by atoms with Gasteiger partial charge in [0.25, 0.3) is 0 Å². The molecule has 16 heavy (non-hydrogen) atoms. The summed E-state index contributed by atoms with van der Waals surface area (Å²) in [7, 11) is 0. The third-order valence-electron chi connectivity index (χ3n) is 1.27. The molecule has 0 aliphatic heterocycles. The van der Waals surface area contributed by atoms with E-state index in [2.05, 4.69) is 30.6 Å². The van der Waals surface area contributed by atoms with E-state index in [4.69, 9.17) is 0 Å². The summed E-state index contributed by atoms with van der Waals surface area (Å²) in [6.45, 7) is 7.66. The van der Waals surface area contributed by atoms with Crippen molar-refractivity contribution >= 4 is 51.7 Å². The lowest BCUT2D eigenvalue weighted by atomic mass is 10.6. The molecule has 0 spiro atoms. The quantitative estimate of drug-likeness (QED) is 0.454. The number of carbonyl (C=O) groups is 1. The zero-order valence-electron chi connectivity index (χ0n) is 9.00. The molecule has 0 bridgehead atoms. The van der Waals surface area contributed by atoms with Crippen LogP contribution in [-0.2, 0) is 4.79 Å². The molecule has 0 N–H and O–H groups in total. The molecule has 0 unspecified atom stereocenters. The van der Waals surface area contributed by atoms with Crippen molar-refractivity contribution in [3.63, 3.8) is 0 Å². The summed E-state index contributed by atoms with van der Waals surface area (Å²) in [5.41, 5.74) is 0. The number of rotatable bonds is 6. The van der Waals surface area contributed by atoms with Crippen LogP contribution in [0.5, 0.6) is 0 Å². The Kier molecular flexibility index (Phi) is 6.48. The molecule has 0 aliphatic carbocycles. The van der Waals surface area contributed by atoms with Gasteiger partial charge in [-0.2, -0.15) is 0 Å². The van der Waals surface area contributed by atoms with Crippen LogP contribution in [-0.4, -0.2) is 25.6 Å². The molecule has 1 aromatic heterocycles. The number of carbonyl (C=O) groups excluding carboxylic acids is 1. The van der Waals surface area contributed by atoms with E-state index in [0.29, 0.717) is 10.3 Å². The highest BCUT2D eigenvalue weighted by Gasteiger charge is 2.07. The summed E-state index contributed by atoms with van der Waals surface area (Å²) < 4.78 is 1.89. The van der Waals surface area contributed by atoms with Gasteiger partial charge in [0.15, 0.2) is 8.68 Å². The van der Waals surface area contributed by atoms with Crippen LogP contribution in [0.1, 0.15) is 13.8 Å². The van der Waals surface area contributed by atoms with Crippen LogP contribution in [0.2, 0.25) is 0 Å². The van der Waals surface area contributed by atoms with Crippen LogP contribution < -0.4 is 0 Å². The number of thioether (sulfide) groups is 3. The minimum atomic E-state index is -0.00575. The van der Waals surface area contributed by atoms with E-state index in [1.165, 1.54) is 29.6 Å². The number of nitrogens with zero attached hydrogens (tertiary/aromatic N) is 2. The summed E-state index contributed by atoms with van der Waals surface area (Å²) in [6, 6.07) is 0. The maximum Gasteiger partial charge on any atom is 0.212 e. The van der Waals surface area contributed by atoms with Gasteiger partial charge in [-0.15, -0.1) is 10.2 Å². The smallest absolute Gasteiger partial charge is 0.212 e. The average molecular weight is 292 g/mol. The van der Waals surface area contributed by atoms with Gasteiger partial charge in [0, 0.05) is 5.25 Å². The molecular weight excluding hydrogens is 280 g/mol. The number of aromatic nitrogens is 2. The van der Waals surface area contributed by atoms with Crippen molar-refractivity contribution in [2.45, 2.75) is 27.8 Å². The van der Waals surface area contributed by atoms with E-state index in [1.54, 1.807) is 23.1 Å². The first kappa shape index (κ1) is 14.1. The molecule has 7 heteroatoms. The summed E-state index contributed by atoms with van der Waals surface area (Å²) in [6.07, 6.45) is 1.32. The van der Waals surface area contributed by atoms with Gasteiger partial charge in [-0.25, -0.2) is 0 Å². The molecule has 0 fully saturated rings. The first-order valence-electron chi connectivity index (χ1n) is 4.54. The van der Waals surface area contributed by atoms with Gasteiger partial charge in [0.1, 0.15) is 0 Å². The minimum Gasteiger partial charge on any atom is -0.282 e. The van der Waals surface area contributed by atoms with Crippen molar-refractivity contribution in [2.75, 3.05) is 5.08 Å². The highest BCUT2D eigenvalue weighted by atomic mass is 32.2. The zero-order chi connectivity index (χ0) is 12.0. The molecule has 0 amide bonds. The largest absolute Gasteiger partial charge is 0.282 e. The van der Waals surface area contributed by atoms with Crippen molar-refractivity contribution < 1.29 is 4.79 Å². The van der Waals surface area contributed by atoms with Crippen LogP contribution in [0, 0.1) is 0 Å². The zero-order valence-corrected chi connectivity index (χ0v) is 12.3. The van der Waals surface area contributed by atoms with E-state index in [0.717, 1.165) is 8.68 Å². The first-order chi connectivity index (χ1) is 7.61. The van der Waals surface area contributed by atoms with E-state index in [1.807, 2.05) is 0 Å². The second-order valence-electron chi connectivity index (χ2n) is 2.93. The number of hydrogen-bond acceptors (Lipinski definition) is 7. The van der Waals surface area contributed by atoms with Gasteiger partial charge >= 0.3 is 0 Å². The monoisotopic (exact) mass is 292 g/mol. The number of hydrogen-bond donors (Lipinski definition) is 0.